The van der Waals surface area contributed by atoms with Gasteiger partial charge in [-0.15, -0.1) is 0 Å². The summed E-state index contributed by atoms with van der Waals surface area (Å²) in [6, 6.07) is 0. The summed E-state index contributed by atoms with van der Waals surface area (Å²) in [5, 5.41) is 0. The molecule has 0 unspecified atom stereocenters. The minimum Gasteiger partial charge on any atom is 0 e. The largest absolute Gasteiger partial charge is 0 e. The van der Waals surface area contributed by atoms with E-state index >= 15 is 0 Å². The van der Waals surface area contributed by atoms with Crippen LogP contribution in [0.1, 0.15) is 2.85 Å². The van der Waals surface area contributed by atoms with Crippen molar-refractivity contribution >= 4 is 97.6 Å². The Morgan fingerprint density at radius 1 is 1.17 bits per heavy atom. The van der Waals surface area contributed by atoms with Crippen LogP contribution < -0.4 is 0 Å². The first-order valence-corrected chi connectivity index (χ1v) is 0. The minimum atomic E-state index is 0. The van der Waals surface area contributed by atoms with Crippen LogP contribution in [-0.4, -0.2) is 97.6 Å². The molecule has 0 saturated carbocycles. The third-order valence-electron chi connectivity index (χ3n) is 0. The molecule has 0 N–H and O–H groups in total. The molecule has 0 rings (SSSR count). The summed E-state index contributed by atoms with van der Waals surface area (Å²) in [6.07, 6.45) is 0. The molecule has 0 aliphatic heterocycles. The molecule has 0 heterocycles. The smallest absolute Gasteiger partial charge is 0 e. The molecule has 40 valence electrons. The molecule has 2 radical (unpaired) electrons. The monoisotopic (exact) mass is 590 g/mol. The first-order chi connectivity index (χ1) is 0. The topological polar surface area (TPSA) is 0 Å². The van der Waals surface area contributed by atoms with Gasteiger partial charge in [0.25, 0.3) is 0 Å². The van der Waals surface area contributed by atoms with E-state index in [-0.39, 0.29) is 139 Å². The van der Waals surface area contributed by atoms with Gasteiger partial charge in [-0.05, 0) is 0 Å². The molecule has 6 heavy (non-hydrogen) atoms. The first-order valence-electron chi connectivity index (χ1n) is 0. The van der Waals surface area contributed by atoms with Gasteiger partial charge in [-0.2, -0.15) is 0 Å². The second-order valence-corrected chi connectivity index (χ2v) is 0. The van der Waals surface area contributed by atoms with E-state index in [2.05, 4.69) is 0 Å². The van der Waals surface area contributed by atoms with Crippen molar-refractivity contribution in [3.8, 4) is 0 Å². The molecule has 0 spiro atoms. The molecule has 0 aromatic carbocycles. The predicted octanol–water partition coefficient (Wildman–Crippen LogP) is -3.44. The molecular weight excluding hydrogens is 580 g/mol. The van der Waals surface area contributed by atoms with Crippen LogP contribution in [0.15, 0.2) is 0 Å². The zero-order valence-electron chi connectivity index (χ0n) is 5.64. The van der Waals surface area contributed by atoms with Crippen LogP contribution in [0, 0.1) is 0 Å². The Labute approximate surface area is 136 Å². The Morgan fingerprint density at radius 3 is 1.17 bits per heavy atom. The second-order valence-electron chi connectivity index (χ2n) is 0. The fourth-order valence-corrected chi connectivity index (χ4v) is 0. The van der Waals surface area contributed by atoms with E-state index in [9.17, 15) is 0 Å². The van der Waals surface area contributed by atoms with Gasteiger partial charge in [-0.1, -0.05) is 0 Å². The first kappa shape index (κ1) is 47.0. The van der Waals surface area contributed by atoms with Gasteiger partial charge in [-0.3, -0.25) is 0 Å². The van der Waals surface area contributed by atoms with E-state index in [1.807, 2.05) is 0 Å². The molecule has 0 atom stereocenters. The van der Waals surface area contributed by atoms with Gasteiger partial charge < -0.3 is 2.85 Å². The maximum absolute atomic E-state index is 0. The second kappa shape index (κ2) is 34.0. The van der Waals surface area contributed by atoms with E-state index in [1.165, 1.54) is 0 Å². The maximum atomic E-state index is 0. The summed E-state index contributed by atoms with van der Waals surface area (Å²) >= 11 is 0. The summed E-state index contributed by atoms with van der Waals surface area (Å²) in [5.74, 6) is 0. The Kier molecular flexibility index (Phi) is 266. The van der Waals surface area contributed by atoms with Gasteiger partial charge in [0, 0.05) is 38.2 Å². The van der Waals surface area contributed by atoms with E-state index < -0.39 is 0 Å². The van der Waals surface area contributed by atoms with E-state index in [0.717, 1.165) is 0 Å². The molecule has 6 heteroatoms. The van der Waals surface area contributed by atoms with Gasteiger partial charge in [0.1, 0.15) is 0 Å². The average Bonchev–Trinajstić information content (AvgIpc) is 0. The zero-order valence-corrected chi connectivity index (χ0v) is 21.2. The van der Waals surface area contributed by atoms with Gasteiger partial charge in [0.05, 0.1) is 0 Å². The molecule has 0 saturated heterocycles. The number of rotatable bonds is 0. The van der Waals surface area contributed by atoms with Crippen LogP contribution in [0.5, 0.6) is 0 Å². The summed E-state index contributed by atoms with van der Waals surface area (Å²) in [7, 11) is 0. The van der Waals surface area contributed by atoms with Crippen LogP contribution in [-0.2, 0) is 38.2 Å². The Hall–Kier alpha value is 4.47. The van der Waals surface area contributed by atoms with Gasteiger partial charge >= 0.3 is 97.6 Å². The van der Waals surface area contributed by atoms with E-state index in [4.69, 9.17) is 0 Å². The van der Waals surface area contributed by atoms with Crippen molar-refractivity contribution in [1.82, 2.24) is 0 Å². The van der Waals surface area contributed by atoms with Crippen molar-refractivity contribution in [3.05, 3.63) is 0 Å². The summed E-state index contributed by atoms with van der Waals surface area (Å²) in [5.41, 5.74) is 0. The Balaban J connectivity index is 0. The fourth-order valence-electron chi connectivity index (χ4n) is 0. The van der Waals surface area contributed by atoms with Crippen molar-refractivity contribution < 1.29 is 41.1 Å². The Morgan fingerprint density at radius 2 is 1.17 bits per heavy atom. The van der Waals surface area contributed by atoms with Crippen molar-refractivity contribution in [2.75, 3.05) is 0 Å². The maximum Gasteiger partial charge on any atom is 0 e. The van der Waals surface area contributed by atoms with Gasteiger partial charge in [0.15, 0.2) is 0 Å². The molecule has 0 aliphatic carbocycles. The standard InChI is InChI=1S/Bi.Mg.Ni.Sb.Sn.Ti.10H/q;+2;;;;;;;;;;;;;2*-1. The molecule has 0 amide bonds. The minimum absolute atomic E-state index is 0. The van der Waals surface area contributed by atoms with Crippen LogP contribution in [0.25, 0.3) is 0 Å². The Bertz CT molecular complexity index is 22.0. The third kappa shape index (κ3) is 23.6. The van der Waals surface area contributed by atoms with E-state index in [1.54, 1.807) is 0 Å². The quantitative estimate of drug-likeness (QED) is 0.258. The number of hydrogen-bond donors (Lipinski definition) is 0. The van der Waals surface area contributed by atoms with Crippen LogP contribution in [0.4, 0.5) is 0 Å². The normalized spacial score (nSPS) is 0. The van der Waals surface area contributed by atoms with Crippen LogP contribution in [0.3, 0.4) is 0 Å². The van der Waals surface area contributed by atoms with Crippen LogP contribution >= 0.6 is 0 Å². The van der Waals surface area contributed by atoms with Crippen LogP contribution in [0.2, 0.25) is 0 Å². The molecule has 0 aromatic heterocycles. The molecule has 0 fully saturated rings. The predicted molar refractivity (Wildman–Crippen MR) is 36.4 cm³/mol. The van der Waals surface area contributed by atoms with Crippen molar-refractivity contribution in [3.63, 3.8) is 0 Å². The molecule has 0 aromatic rings. The number of hydrogen-bond acceptors (Lipinski definition) is 0. The molecular formula is H10BiMgNiSbSnTi. The third-order valence-corrected chi connectivity index (χ3v) is 0. The van der Waals surface area contributed by atoms with Crippen molar-refractivity contribution in [2.24, 2.45) is 0 Å². The molecule has 0 nitrogen and oxygen atoms in total. The van der Waals surface area contributed by atoms with Crippen molar-refractivity contribution in [1.29, 1.82) is 0 Å². The molecule has 0 aliphatic rings. The summed E-state index contributed by atoms with van der Waals surface area (Å²) in [6.45, 7) is 0. The van der Waals surface area contributed by atoms with Crippen molar-refractivity contribution in [2.45, 2.75) is 0 Å². The summed E-state index contributed by atoms with van der Waals surface area (Å²) < 4.78 is 0. The zero-order chi connectivity index (χ0) is 0. The molecule has 0 bridgehead atoms. The van der Waals surface area contributed by atoms with E-state index in [0.29, 0.717) is 0 Å². The fraction of sp³-hybridized carbons (Fsp3) is 0. The average molecular weight is 590 g/mol. The summed E-state index contributed by atoms with van der Waals surface area (Å²) in [4.78, 5) is 0. The van der Waals surface area contributed by atoms with Gasteiger partial charge in [-0.25, -0.2) is 0 Å². The SMILES string of the molecule is [BiH3].[H-].[H-].[Mg+2].[Ni].[SbH3].[SnH2].[Ti]. The van der Waals surface area contributed by atoms with Gasteiger partial charge in [0.2, 0.25) is 0 Å².